The second-order valence-electron chi connectivity index (χ2n) is 6.07. The summed E-state index contributed by atoms with van der Waals surface area (Å²) in [5.41, 5.74) is 5.95. The molecule has 2 saturated carbocycles. The summed E-state index contributed by atoms with van der Waals surface area (Å²) in [4.78, 5) is 2.79. The SMILES string of the molecule is NC1CCC(CN2CC3CCC2C3)CC1. The summed E-state index contributed by atoms with van der Waals surface area (Å²) in [6, 6.07) is 1.47. The Balaban J connectivity index is 1.49. The van der Waals surface area contributed by atoms with Crippen molar-refractivity contribution >= 4 is 0 Å². The Bertz CT molecular complexity index is 221. The molecule has 0 spiro atoms. The first-order chi connectivity index (χ1) is 7.31. The van der Waals surface area contributed by atoms with Gasteiger partial charge in [-0.3, -0.25) is 4.90 Å². The molecule has 2 N–H and O–H groups in total. The third-order valence-electron chi connectivity index (χ3n) is 4.91. The number of fused-ring (bicyclic) bond motifs is 2. The summed E-state index contributed by atoms with van der Waals surface area (Å²) in [5, 5.41) is 0. The summed E-state index contributed by atoms with van der Waals surface area (Å²) < 4.78 is 0. The molecular weight excluding hydrogens is 184 g/mol. The molecule has 0 aromatic rings. The highest BCUT2D eigenvalue weighted by molar-refractivity contribution is 4.93. The van der Waals surface area contributed by atoms with Gasteiger partial charge in [0.05, 0.1) is 0 Å². The maximum absolute atomic E-state index is 5.95. The molecule has 2 bridgehead atoms. The van der Waals surface area contributed by atoms with Crippen LogP contribution in [0.4, 0.5) is 0 Å². The van der Waals surface area contributed by atoms with Crippen LogP contribution in [0.15, 0.2) is 0 Å². The van der Waals surface area contributed by atoms with Crippen molar-refractivity contribution in [3.8, 4) is 0 Å². The Morgan fingerprint density at radius 2 is 1.80 bits per heavy atom. The molecule has 86 valence electrons. The monoisotopic (exact) mass is 208 g/mol. The minimum Gasteiger partial charge on any atom is -0.328 e. The van der Waals surface area contributed by atoms with Crippen LogP contribution < -0.4 is 5.73 Å². The summed E-state index contributed by atoms with van der Waals surface area (Å²) in [6.45, 7) is 2.79. The maximum atomic E-state index is 5.95. The fourth-order valence-electron chi connectivity index (χ4n) is 3.95. The van der Waals surface area contributed by atoms with Gasteiger partial charge in [0.2, 0.25) is 0 Å². The van der Waals surface area contributed by atoms with Crippen molar-refractivity contribution in [1.82, 2.24) is 4.90 Å². The first-order valence-electron chi connectivity index (χ1n) is 6.81. The second kappa shape index (κ2) is 4.06. The van der Waals surface area contributed by atoms with E-state index < -0.39 is 0 Å². The molecule has 3 aliphatic rings. The molecule has 2 nitrogen and oxygen atoms in total. The van der Waals surface area contributed by atoms with Crippen molar-refractivity contribution in [3.63, 3.8) is 0 Å². The summed E-state index contributed by atoms with van der Waals surface area (Å²) in [6.07, 6.45) is 9.81. The summed E-state index contributed by atoms with van der Waals surface area (Å²) in [5.74, 6) is 2.02. The quantitative estimate of drug-likeness (QED) is 0.752. The summed E-state index contributed by atoms with van der Waals surface area (Å²) in [7, 11) is 0. The molecule has 3 rings (SSSR count). The number of nitrogens with two attached hydrogens (primary N) is 1. The highest BCUT2D eigenvalue weighted by Crippen LogP contribution is 2.38. The van der Waals surface area contributed by atoms with E-state index in [4.69, 9.17) is 5.73 Å². The van der Waals surface area contributed by atoms with Crippen LogP contribution in [0.3, 0.4) is 0 Å². The highest BCUT2D eigenvalue weighted by Gasteiger charge is 2.38. The lowest BCUT2D eigenvalue weighted by Gasteiger charge is -2.33. The lowest BCUT2D eigenvalue weighted by Crippen LogP contribution is -2.38. The Hall–Kier alpha value is -0.0800. The second-order valence-corrected chi connectivity index (χ2v) is 6.07. The van der Waals surface area contributed by atoms with Gasteiger partial charge in [0.25, 0.3) is 0 Å². The van der Waals surface area contributed by atoms with E-state index in [9.17, 15) is 0 Å². The zero-order chi connectivity index (χ0) is 10.3. The number of hydrogen-bond donors (Lipinski definition) is 1. The largest absolute Gasteiger partial charge is 0.328 e. The molecule has 1 heterocycles. The Kier molecular flexibility index (Phi) is 2.73. The zero-order valence-electron chi connectivity index (χ0n) is 9.70. The standard InChI is InChI=1S/C13H24N2/c14-12-4-1-10(2-5-12)8-15-9-11-3-6-13(15)7-11/h10-13H,1-9,14H2. The smallest absolute Gasteiger partial charge is 0.00987 e. The highest BCUT2D eigenvalue weighted by atomic mass is 15.2. The predicted molar refractivity (Wildman–Crippen MR) is 62.6 cm³/mol. The first kappa shape index (κ1) is 10.1. The van der Waals surface area contributed by atoms with E-state index >= 15 is 0 Å². The minimum absolute atomic E-state index is 0.510. The van der Waals surface area contributed by atoms with E-state index in [1.807, 2.05) is 0 Å². The molecule has 2 aliphatic carbocycles. The van der Waals surface area contributed by atoms with E-state index in [1.54, 1.807) is 0 Å². The molecule has 1 saturated heterocycles. The van der Waals surface area contributed by atoms with Gasteiger partial charge in [0.1, 0.15) is 0 Å². The van der Waals surface area contributed by atoms with E-state index in [0.29, 0.717) is 6.04 Å². The normalized spacial score (nSPS) is 46.2. The van der Waals surface area contributed by atoms with Crippen LogP contribution in [0.2, 0.25) is 0 Å². The fourth-order valence-corrected chi connectivity index (χ4v) is 3.95. The number of rotatable bonds is 2. The van der Waals surface area contributed by atoms with Gasteiger partial charge in [-0.15, -0.1) is 0 Å². The predicted octanol–water partition coefficient (Wildman–Crippen LogP) is 1.99. The molecule has 0 radical (unpaired) electrons. The molecule has 3 fully saturated rings. The van der Waals surface area contributed by atoms with Gasteiger partial charge >= 0.3 is 0 Å². The van der Waals surface area contributed by atoms with E-state index in [2.05, 4.69) is 4.90 Å². The summed E-state index contributed by atoms with van der Waals surface area (Å²) >= 11 is 0. The van der Waals surface area contributed by atoms with E-state index in [1.165, 1.54) is 58.0 Å². The van der Waals surface area contributed by atoms with Crippen LogP contribution in [0, 0.1) is 11.8 Å². The number of nitrogens with zero attached hydrogens (tertiary/aromatic N) is 1. The fraction of sp³-hybridized carbons (Fsp3) is 1.00. The average molecular weight is 208 g/mol. The molecule has 0 aromatic heterocycles. The van der Waals surface area contributed by atoms with E-state index in [0.717, 1.165) is 17.9 Å². The molecule has 2 unspecified atom stereocenters. The van der Waals surface area contributed by atoms with Gasteiger partial charge < -0.3 is 5.73 Å². The van der Waals surface area contributed by atoms with Crippen molar-refractivity contribution in [2.75, 3.05) is 13.1 Å². The molecule has 0 amide bonds. The number of likely N-dealkylation sites (tertiary alicyclic amines) is 1. The number of piperidine rings is 1. The van der Waals surface area contributed by atoms with Gasteiger partial charge in [0.15, 0.2) is 0 Å². The van der Waals surface area contributed by atoms with Crippen LogP contribution >= 0.6 is 0 Å². The van der Waals surface area contributed by atoms with Crippen LogP contribution in [0.5, 0.6) is 0 Å². The third-order valence-corrected chi connectivity index (χ3v) is 4.91. The van der Waals surface area contributed by atoms with Crippen molar-refractivity contribution in [2.45, 2.75) is 57.0 Å². The van der Waals surface area contributed by atoms with Crippen molar-refractivity contribution in [3.05, 3.63) is 0 Å². The molecular formula is C13H24N2. The topological polar surface area (TPSA) is 29.3 Å². The Morgan fingerprint density at radius 1 is 1.00 bits per heavy atom. The van der Waals surface area contributed by atoms with Crippen LogP contribution in [0.25, 0.3) is 0 Å². The number of hydrogen-bond acceptors (Lipinski definition) is 2. The first-order valence-corrected chi connectivity index (χ1v) is 6.81. The van der Waals surface area contributed by atoms with Crippen LogP contribution in [-0.4, -0.2) is 30.1 Å². The van der Waals surface area contributed by atoms with Gasteiger partial charge in [-0.2, -0.15) is 0 Å². The van der Waals surface area contributed by atoms with Crippen molar-refractivity contribution < 1.29 is 0 Å². The van der Waals surface area contributed by atoms with Crippen molar-refractivity contribution in [1.29, 1.82) is 0 Å². The third kappa shape index (κ3) is 2.07. The molecule has 2 heteroatoms. The minimum atomic E-state index is 0.510. The zero-order valence-corrected chi connectivity index (χ0v) is 9.70. The maximum Gasteiger partial charge on any atom is 0.00987 e. The molecule has 1 aliphatic heterocycles. The Labute approximate surface area is 93.2 Å². The average Bonchev–Trinajstić information content (AvgIpc) is 2.83. The van der Waals surface area contributed by atoms with Gasteiger partial charge in [-0.05, 0) is 56.8 Å². The van der Waals surface area contributed by atoms with Crippen LogP contribution in [-0.2, 0) is 0 Å². The van der Waals surface area contributed by atoms with Crippen LogP contribution in [0.1, 0.15) is 44.9 Å². The van der Waals surface area contributed by atoms with Gasteiger partial charge in [-0.25, -0.2) is 0 Å². The lowest BCUT2D eigenvalue weighted by molar-refractivity contribution is 0.158. The molecule has 15 heavy (non-hydrogen) atoms. The van der Waals surface area contributed by atoms with Crippen molar-refractivity contribution in [2.24, 2.45) is 17.6 Å². The Morgan fingerprint density at radius 3 is 2.40 bits per heavy atom. The van der Waals surface area contributed by atoms with Gasteiger partial charge in [0, 0.05) is 25.2 Å². The van der Waals surface area contributed by atoms with Gasteiger partial charge in [-0.1, -0.05) is 0 Å². The molecule has 0 aromatic carbocycles. The lowest BCUT2D eigenvalue weighted by atomic mass is 9.86. The van der Waals surface area contributed by atoms with E-state index in [-0.39, 0.29) is 0 Å². The molecule has 2 atom stereocenters.